The molecule has 0 aromatic carbocycles. The SMILES string of the molecule is O=C1NCCCCCNc2ncc(Cl)c(n2)Nc2cc1[nH]n2. The minimum Gasteiger partial charge on any atom is -0.354 e. The molecule has 3 heterocycles. The Labute approximate surface area is 132 Å². The van der Waals surface area contributed by atoms with Crippen LogP contribution in [0.1, 0.15) is 29.8 Å². The molecule has 1 aliphatic heterocycles. The monoisotopic (exact) mass is 321 g/mol. The predicted octanol–water partition coefficient (Wildman–Crippen LogP) is 1.92. The lowest BCUT2D eigenvalue weighted by Gasteiger charge is -2.08. The van der Waals surface area contributed by atoms with Crippen molar-refractivity contribution in [1.82, 2.24) is 25.5 Å². The first kappa shape index (κ1) is 14.6. The minimum atomic E-state index is -0.178. The molecule has 3 rings (SSSR count). The fourth-order valence-corrected chi connectivity index (χ4v) is 2.23. The number of anilines is 3. The summed E-state index contributed by atoms with van der Waals surface area (Å²) >= 11 is 6.08. The van der Waals surface area contributed by atoms with Gasteiger partial charge in [0.25, 0.3) is 5.91 Å². The van der Waals surface area contributed by atoms with Gasteiger partial charge in [-0.25, -0.2) is 4.98 Å². The van der Waals surface area contributed by atoms with E-state index in [9.17, 15) is 4.79 Å². The highest BCUT2D eigenvalue weighted by atomic mass is 35.5. The average molecular weight is 322 g/mol. The van der Waals surface area contributed by atoms with E-state index in [-0.39, 0.29) is 5.91 Å². The standard InChI is InChI=1S/C13H16ClN7O/c14-8-7-17-13-16-5-3-1-2-4-15-12(22)9-6-10(21-20-9)18-11(8)19-13/h6-7H,1-5H2,(H,15,22)(H3,16,17,18,19,20,21). The lowest BCUT2D eigenvalue weighted by Crippen LogP contribution is -2.24. The van der Waals surface area contributed by atoms with E-state index in [1.807, 2.05) is 0 Å². The third-order valence-corrected chi connectivity index (χ3v) is 3.51. The molecule has 1 aliphatic rings. The molecule has 0 spiro atoms. The van der Waals surface area contributed by atoms with Gasteiger partial charge < -0.3 is 16.0 Å². The van der Waals surface area contributed by atoms with Gasteiger partial charge in [0.05, 0.1) is 6.20 Å². The molecule has 2 aromatic rings. The Balaban J connectivity index is 1.87. The van der Waals surface area contributed by atoms with Gasteiger partial charge in [0.2, 0.25) is 5.95 Å². The smallest absolute Gasteiger partial charge is 0.269 e. The number of aromatic amines is 1. The van der Waals surface area contributed by atoms with E-state index in [0.717, 1.165) is 25.8 Å². The first-order valence-corrected chi connectivity index (χ1v) is 7.47. The summed E-state index contributed by atoms with van der Waals surface area (Å²) in [4.78, 5) is 20.4. The van der Waals surface area contributed by atoms with Crippen molar-refractivity contribution in [2.75, 3.05) is 23.7 Å². The van der Waals surface area contributed by atoms with Crippen LogP contribution < -0.4 is 16.0 Å². The van der Waals surface area contributed by atoms with Crippen molar-refractivity contribution in [3.8, 4) is 0 Å². The Morgan fingerprint density at radius 2 is 1.95 bits per heavy atom. The Bertz CT molecular complexity index is 672. The quantitative estimate of drug-likeness (QED) is 0.590. The minimum absolute atomic E-state index is 0.178. The molecular formula is C13H16ClN7O. The maximum Gasteiger partial charge on any atom is 0.269 e. The molecule has 0 aliphatic carbocycles. The van der Waals surface area contributed by atoms with Crippen LogP contribution in [-0.2, 0) is 0 Å². The number of carbonyl (C=O) groups is 1. The summed E-state index contributed by atoms with van der Waals surface area (Å²) in [7, 11) is 0. The van der Waals surface area contributed by atoms with Crippen molar-refractivity contribution >= 4 is 35.1 Å². The molecular weight excluding hydrogens is 306 g/mol. The van der Waals surface area contributed by atoms with Crippen molar-refractivity contribution in [1.29, 1.82) is 0 Å². The normalized spacial score (nSPS) is 15.8. The number of hydrogen-bond donors (Lipinski definition) is 4. The topological polar surface area (TPSA) is 108 Å². The second kappa shape index (κ2) is 6.61. The molecule has 9 heteroatoms. The van der Waals surface area contributed by atoms with Gasteiger partial charge in [-0.3, -0.25) is 9.89 Å². The maximum absolute atomic E-state index is 11.9. The van der Waals surface area contributed by atoms with E-state index < -0.39 is 0 Å². The molecule has 0 unspecified atom stereocenters. The summed E-state index contributed by atoms with van der Waals surface area (Å²) < 4.78 is 0. The first-order valence-electron chi connectivity index (χ1n) is 7.09. The van der Waals surface area contributed by atoms with Gasteiger partial charge in [-0.15, -0.1) is 0 Å². The number of nitrogens with one attached hydrogen (secondary N) is 4. The Morgan fingerprint density at radius 1 is 1.14 bits per heavy atom. The van der Waals surface area contributed by atoms with Crippen molar-refractivity contribution in [3.05, 3.63) is 23.0 Å². The van der Waals surface area contributed by atoms with Gasteiger partial charge in [-0.1, -0.05) is 11.6 Å². The van der Waals surface area contributed by atoms with Crippen LogP contribution in [0.4, 0.5) is 17.6 Å². The summed E-state index contributed by atoms with van der Waals surface area (Å²) in [5.41, 5.74) is 0.390. The van der Waals surface area contributed by atoms with E-state index in [1.165, 1.54) is 6.20 Å². The summed E-state index contributed by atoms with van der Waals surface area (Å²) in [6, 6.07) is 1.61. The molecule has 0 saturated heterocycles. The lowest BCUT2D eigenvalue weighted by molar-refractivity contribution is 0.0948. The largest absolute Gasteiger partial charge is 0.354 e. The van der Waals surface area contributed by atoms with Crippen molar-refractivity contribution in [3.63, 3.8) is 0 Å². The molecule has 116 valence electrons. The van der Waals surface area contributed by atoms with Gasteiger partial charge in [-0.05, 0) is 19.3 Å². The van der Waals surface area contributed by atoms with Gasteiger partial charge in [0.1, 0.15) is 10.7 Å². The van der Waals surface area contributed by atoms with E-state index in [4.69, 9.17) is 11.6 Å². The number of aromatic nitrogens is 4. The van der Waals surface area contributed by atoms with Gasteiger partial charge in [-0.2, -0.15) is 10.1 Å². The van der Waals surface area contributed by atoms with Gasteiger partial charge in [0.15, 0.2) is 11.6 Å². The summed E-state index contributed by atoms with van der Waals surface area (Å²) in [6.45, 7) is 1.40. The van der Waals surface area contributed by atoms with Crippen LogP contribution in [0.5, 0.6) is 0 Å². The highest BCUT2D eigenvalue weighted by Crippen LogP contribution is 2.23. The number of halogens is 1. The fraction of sp³-hybridized carbons (Fsp3) is 0.385. The average Bonchev–Trinajstić information content (AvgIpc) is 2.97. The van der Waals surface area contributed by atoms with Crippen LogP contribution in [0, 0.1) is 0 Å². The third-order valence-electron chi connectivity index (χ3n) is 3.24. The fourth-order valence-electron chi connectivity index (χ4n) is 2.09. The lowest BCUT2D eigenvalue weighted by atomic mass is 10.2. The van der Waals surface area contributed by atoms with Crippen molar-refractivity contribution in [2.45, 2.75) is 19.3 Å². The molecule has 0 saturated carbocycles. The molecule has 22 heavy (non-hydrogen) atoms. The number of fused-ring (bicyclic) bond motifs is 4. The molecule has 1 amide bonds. The molecule has 2 aromatic heterocycles. The zero-order valence-electron chi connectivity index (χ0n) is 11.8. The zero-order valence-corrected chi connectivity index (χ0v) is 12.6. The molecule has 8 nitrogen and oxygen atoms in total. The van der Waals surface area contributed by atoms with Crippen LogP contribution >= 0.6 is 11.6 Å². The number of H-pyrrole nitrogens is 1. The number of rotatable bonds is 0. The van der Waals surface area contributed by atoms with Crippen LogP contribution in [-0.4, -0.2) is 39.2 Å². The number of carbonyl (C=O) groups excluding carboxylic acids is 1. The second-order valence-corrected chi connectivity index (χ2v) is 5.33. The van der Waals surface area contributed by atoms with Crippen LogP contribution in [0.15, 0.2) is 12.3 Å². The molecule has 0 fully saturated rings. The molecule has 0 radical (unpaired) electrons. The highest BCUT2D eigenvalue weighted by Gasteiger charge is 2.12. The van der Waals surface area contributed by atoms with Crippen LogP contribution in [0.25, 0.3) is 0 Å². The van der Waals surface area contributed by atoms with Gasteiger partial charge in [0, 0.05) is 19.2 Å². The maximum atomic E-state index is 11.9. The van der Waals surface area contributed by atoms with Crippen LogP contribution in [0.2, 0.25) is 5.02 Å². The number of amides is 1. The zero-order chi connectivity index (χ0) is 15.4. The van der Waals surface area contributed by atoms with E-state index in [2.05, 4.69) is 36.1 Å². The second-order valence-electron chi connectivity index (χ2n) is 4.93. The van der Waals surface area contributed by atoms with Gasteiger partial charge >= 0.3 is 0 Å². The van der Waals surface area contributed by atoms with E-state index >= 15 is 0 Å². The first-order chi connectivity index (χ1) is 10.7. The summed E-state index contributed by atoms with van der Waals surface area (Å²) in [5, 5.41) is 16.1. The summed E-state index contributed by atoms with van der Waals surface area (Å²) in [5.74, 6) is 1.23. The molecule has 4 bridgehead atoms. The van der Waals surface area contributed by atoms with Crippen molar-refractivity contribution in [2.24, 2.45) is 0 Å². The summed E-state index contributed by atoms with van der Waals surface area (Å²) in [6.07, 6.45) is 4.41. The molecule has 0 atom stereocenters. The third kappa shape index (κ3) is 3.45. The highest BCUT2D eigenvalue weighted by molar-refractivity contribution is 6.32. The number of hydrogen-bond acceptors (Lipinski definition) is 6. The van der Waals surface area contributed by atoms with Crippen molar-refractivity contribution < 1.29 is 4.79 Å². The predicted molar refractivity (Wildman–Crippen MR) is 83.6 cm³/mol. The van der Waals surface area contributed by atoms with E-state index in [0.29, 0.717) is 34.8 Å². The Morgan fingerprint density at radius 3 is 2.82 bits per heavy atom. The van der Waals surface area contributed by atoms with E-state index in [1.54, 1.807) is 6.07 Å². The Kier molecular flexibility index (Phi) is 4.38. The number of nitrogens with zero attached hydrogens (tertiary/aromatic N) is 3. The Hall–Kier alpha value is -2.35. The molecule has 4 N–H and O–H groups in total. The van der Waals surface area contributed by atoms with Crippen LogP contribution in [0.3, 0.4) is 0 Å².